The van der Waals surface area contributed by atoms with Crippen LogP contribution in [0, 0.1) is 0 Å². The van der Waals surface area contributed by atoms with Crippen LogP contribution in [-0.4, -0.2) is 41.9 Å². The van der Waals surface area contributed by atoms with Gasteiger partial charge < -0.3 is 14.8 Å². The number of hydrogen-bond donors (Lipinski definition) is 1. The summed E-state index contributed by atoms with van der Waals surface area (Å²) in [5, 5.41) is 2.96. The summed E-state index contributed by atoms with van der Waals surface area (Å²) in [5.41, 5.74) is -0.0552. The second-order valence-electron chi connectivity index (χ2n) is 6.22. The maximum atomic E-state index is 12.4. The number of hydrogen-bond acceptors (Lipinski definition) is 4. The van der Waals surface area contributed by atoms with E-state index < -0.39 is 12.8 Å². The van der Waals surface area contributed by atoms with Crippen LogP contribution in [-0.2, 0) is 4.74 Å². The predicted octanol–water partition coefficient (Wildman–Crippen LogP) is 2.85. The van der Waals surface area contributed by atoms with E-state index in [2.05, 4.69) is 15.0 Å². The van der Waals surface area contributed by atoms with Crippen LogP contribution in [0.5, 0.6) is 5.88 Å². The fourth-order valence-electron chi connectivity index (χ4n) is 3.44. The summed E-state index contributed by atoms with van der Waals surface area (Å²) in [6, 6.07) is 2.60. The summed E-state index contributed by atoms with van der Waals surface area (Å²) in [6.45, 7) is -0.827. The number of nitrogens with one attached hydrogen (secondary N) is 1. The zero-order chi connectivity index (χ0) is 17.2. The number of alkyl halides is 3. The van der Waals surface area contributed by atoms with Crippen molar-refractivity contribution in [2.45, 2.75) is 49.9 Å². The summed E-state index contributed by atoms with van der Waals surface area (Å²) < 4.78 is 47.0. The van der Waals surface area contributed by atoms with Crippen LogP contribution >= 0.6 is 0 Å². The Morgan fingerprint density at radius 1 is 1.42 bits per heavy atom. The summed E-state index contributed by atoms with van der Waals surface area (Å²) in [7, 11) is 0. The van der Waals surface area contributed by atoms with Crippen LogP contribution < -0.4 is 10.1 Å². The molecule has 2 heterocycles. The van der Waals surface area contributed by atoms with Crippen molar-refractivity contribution in [2.75, 3.05) is 13.2 Å². The van der Waals surface area contributed by atoms with Gasteiger partial charge in [-0.15, -0.1) is 0 Å². The van der Waals surface area contributed by atoms with Crippen LogP contribution in [0.15, 0.2) is 18.3 Å². The zero-order valence-electron chi connectivity index (χ0n) is 13.1. The zero-order valence-corrected chi connectivity index (χ0v) is 13.1. The predicted molar refractivity (Wildman–Crippen MR) is 78.8 cm³/mol. The largest absolute Gasteiger partial charge is 0.468 e. The Kier molecular flexibility index (Phi) is 4.67. The lowest BCUT2D eigenvalue weighted by Gasteiger charge is -2.30. The molecule has 1 N–H and O–H groups in total. The molecule has 2 aliphatic rings. The van der Waals surface area contributed by atoms with Crippen LogP contribution in [0.2, 0.25) is 0 Å². The van der Waals surface area contributed by atoms with E-state index in [-0.39, 0.29) is 29.0 Å². The highest BCUT2D eigenvalue weighted by Crippen LogP contribution is 2.41. The second-order valence-corrected chi connectivity index (χ2v) is 6.22. The third-order valence-electron chi connectivity index (χ3n) is 4.57. The fraction of sp³-hybridized carbons (Fsp3) is 0.625. The van der Waals surface area contributed by atoms with Crippen LogP contribution in [0.3, 0.4) is 0 Å². The standard InChI is InChI=1S/C16H19F3N2O3/c17-16(18,19)10-23-13-9-11(3-7-20-13)14(22)21-12-4-8-24-15(12)5-1-2-6-15/h3,7,9,12H,1-2,4-6,8,10H2,(H,21,22). The van der Waals surface area contributed by atoms with E-state index in [1.165, 1.54) is 18.3 Å². The minimum atomic E-state index is -4.45. The average molecular weight is 344 g/mol. The summed E-state index contributed by atoms with van der Waals surface area (Å²) in [4.78, 5) is 16.1. The second kappa shape index (κ2) is 6.58. The monoisotopic (exact) mass is 344 g/mol. The van der Waals surface area contributed by atoms with Gasteiger partial charge in [0.2, 0.25) is 5.88 Å². The van der Waals surface area contributed by atoms with E-state index >= 15 is 0 Å². The molecule has 1 atom stereocenters. The van der Waals surface area contributed by atoms with E-state index in [1.54, 1.807) is 0 Å². The van der Waals surface area contributed by atoms with Crippen molar-refractivity contribution in [2.24, 2.45) is 0 Å². The third-order valence-corrected chi connectivity index (χ3v) is 4.57. The summed E-state index contributed by atoms with van der Waals surface area (Å²) in [5.74, 6) is -0.575. The van der Waals surface area contributed by atoms with Gasteiger partial charge in [0.1, 0.15) is 0 Å². The number of ether oxygens (including phenoxy) is 2. The van der Waals surface area contributed by atoms with Crippen LogP contribution in [0.4, 0.5) is 13.2 Å². The highest BCUT2D eigenvalue weighted by Gasteiger charge is 2.46. The first-order valence-corrected chi connectivity index (χ1v) is 7.98. The average Bonchev–Trinajstić information content (AvgIpc) is 3.16. The normalized spacial score (nSPS) is 22.7. The van der Waals surface area contributed by atoms with Crippen molar-refractivity contribution >= 4 is 5.91 Å². The van der Waals surface area contributed by atoms with E-state index in [9.17, 15) is 18.0 Å². The van der Waals surface area contributed by atoms with Gasteiger partial charge in [0.25, 0.3) is 5.91 Å². The van der Waals surface area contributed by atoms with E-state index in [0.717, 1.165) is 32.1 Å². The molecular weight excluding hydrogens is 325 g/mol. The first kappa shape index (κ1) is 17.0. The Labute approximate surface area is 137 Å². The minimum absolute atomic E-state index is 0.0693. The fourth-order valence-corrected chi connectivity index (χ4v) is 3.44. The van der Waals surface area contributed by atoms with Gasteiger partial charge in [-0.3, -0.25) is 4.79 Å². The molecule has 1 aliphatic heterocycles. The Balaban J connectivity index is 1.65. The molecule has 0 aromatic carbocycles. The molecule has 0 bridgehead atoms. The van der Waals surface area contributed by atoms with Crippen molar-refractivity contribution in [1.82, 2.24) is 10.3 Å². The molecule has 132 valence electrons. The molecule has 24 heavy (non-hydrogen) atoms. The van der Waals surface area contributed by atoms with Crippen LogP contribution in [0.25, 0.3) is 0 Å². The van der Waals surface area contributed by atoms with Gasteiger partial charge in [-0.2, -0.15) is 13.2 Å². The minimum Gasteiger partial charge on any atom is -0.468 e. The lowest BCUT2D eigenvalue weighted by Crippen LogP contribution is -2.48. The number of rotatable bonds is 4. The maximum Gasteiger partial charge on any atom is 0.422 e. The highest BCUT2D eigenvalue weighted by atomic mass is 19.4. The quantitative estimate of drug-likeness (QED) is 0.912. The molecule has 1 saturated heterocycles. The van der Waals surface area contributed by atoms with E-state index in [4.69, 9.17) is 4.74 Å². The number of halogens is 3. The molecular formula is C16H19F3N2O3. The lowest BCUT2D eigenvalue weighted by molar-refractivity contribution is -0.154. The lowest BCUT2D eigenvalue weighted by atomic mass is 9.92. The molecule has 1 unspecified atom stereocenters. The molecule has 2 fully saturated rings. The Morgan fingerprint density at radius 2 is 2.17 bits per heavy atom. The third kappa shape index (κ3) is 3.80. The first-order chi connectivity index (χ1) is 11.4. The molecule has 1 aliphatic carbocycles. The van der Waals surface area contributed by atoms with Gasteiger partial charge in [0, 0.05) is 24.4 Å². The van der Waals surface area contributed by atoms with Crippen molar-refractivity contribution in [1.29, 1.82) is 0 Å². The number of carbonyl (C=O) groups excluding carboxylic acids is 1. The first-order valence-electron chi connectivity index (χ1n) is 7.98. The summed E-state index contributed by atoms with van der Waals surface area (Å²) >= 11 is 0. The van der Waals surface area contributed by atoms with Gasteiger partial charge >= 0.3 is 6.18 Å². The Bertz CT molecular complexity index is 595. The smallest absolute Gasteiger partial charge is 0.422 e. The molecule has 1 amide bonds. The van der Waals surface area contributed by atoms with Crippen molar-refractivity contribution < 1.29 is 27.4 Å². The van der Waals surface area contributed by atoms with Gasteiger partial charge in [0.05, 0.1) is 11.6 Å². The SMILES string of the molecule is O=C(NC1CCOC12CCCC2)c1ccnc(OCC(F)(F)F)c1. The molecule has 5 nitrogen and oxygen atoms in total. The number of pyridine rings is 1. The molecule has 8 heteroatoms. The number of amides is 1. The van der Waals surface area contributed by atoms with Crippen LogP contribution in [0.1, 0.15) is 42.5 Å². The van der Waals surface area contributed by atoms with Crippen molar-refractivity contribution in [3.05, 3.63) is 23.9 Å². The molecule has 1 aromatic rings. The van der Waals surface area contributed by atoms with Gasteiger partial charge in [-0.1, -0.05) is 12.8 Å². The topological polar surface area (TPSA) is 60.5 Å². The highest BCUT2D eigenvalue weighted by molar-refractivity contribution is 5.94. The Hall–Kier alpha value is -1.83. The van der Waals surface area contributed by atoms with Crippen molar-refractivity contribution in [3.8, 4) is 5.88 Å². The maximum absolute atomic E-state index is 12.4. The number of aromatic nitrogens is 1. The molecule has 1 saturated carbocycles. The van der Waals surface area contributed by atoms with Gasteiger partial charge in [-0.25, -0.2) is 4.98 Å². The molecule has 1 aromatic heterocycles. The van der Waals surface area contributed by atoms with E-state index in [1.807, 2.05) is 0 Å². The number of nitrogens with zero attached hydrogens (tertiary/aromatic N) is 1. The molecule has 0 radical (unpaired) electrons. The van der Waals surface area contributed by atoms with Gasteiger partial charge in [0.15, 0.2) is 6.61 Å². The Morgan fingerprint density at radius 3 is 2.88 bits per heavy atom. The van der Waals surface area contributed by atoms with Gasteiger partial charge in [-0.05, 0) is 25.3 Å². The van der Waals surface area contributed by atoms with E-state index in [0.29, 0.717) is 6.61 Å². The summed E-state index contributed by atoms with van der Waals surface area (Å²) in [6.07, 6.45) is 1.57. The molecule has 3 rings (SSSR count). The molecule has 1 spiro atoms. The van der Waals surface area contributed by atoms with Crippen molar-refractivity contribution in [3.63, 3.8) is 0 Å². The number of carbonyl (C=O) groups is 1.